The van der Waals surface area contributed by atoms with E-state index in [0.29, 0.717) is 16.8 Å². The van der Waals surface area contributed by atoms with E-state index in [1.807, 2.05) is 25.2 Å². The molecular weight excluding hydrogens is 479 g/mol. The molecule has 1 amide bonds. The summed E-state index contributed by atoms with van der Waals surface area (Å²) in [7, 11) is 1.87. The zero-order valence-electron chi connectivity index (χ0n) is 22.6. The van der Waals surface area contributed by atoms with Crippen molar-refractivity contribution in [1.82, 2.24) is 14.8 Å². The van der Waals surface area contributed by atoms with Gasteiger partial charge in [-0.15, -0.1) is 0 Å². The monoisotopic (exact) mass is 511 g/mol. The summed E-state index contributed by atoms with van der Waals surface area (Å²) in [6, 6.07) is 12.3. The molecule has 0 aliphatic heterocycles. The first-order chi connectivity index (χ1) is 18.8. The third-order valence-corrected chi connectivity index (χ3v) is 7.07. The van der Waals surface area contributed by atoms with E-state index in [2.05, 4.69) is 10.1 Å². The van der Waals surface area contributed by atoms with E-state index < -0.39 is 12.3 Å². The number of ketones is 1. The number of hydrogen-bond acceptors (Lipinski definition) is 4. The van der Waals surface area contributed by atoms with E-state index in [9.17, 15) is 9.59 Å². The molecule has 0 bridgehead atoms. The minimum Gasteiger partial charge on any atom is -0.306 e. The zero-order valence-corrected chi connectivity index (χ0v) is 21.6. The molecule has 194 valence electrons. The number of benzene rings is 2. The Balaban J connectivity index is 1.50. The topological polar surface area (TPSA) is 68.1 Å². The van der Waals surface area contributed by atoms with Gasteiger partial charge in [0.25, 0.3) is 0 Å². The van der Waals surface area contributed by atoms with Crippen molar-refractivity contribution in [2.75, 3.05) is 4.90 Å². The predicted molar refractivity (Wildman–Crippen MR) is 148 cm³/mol. The van der Waals surface area contributed by atoms with Crippen molar-refractivity contribution in [3.63, 3.8) is 0 Å². The summed E-state index contributed by atoms with van der Waals surface area (Å²) in [6.45, 7) is 0.149. The van der Waals surface area contributed by atoms with Crippen LogP contribution >= 0.6 is 0 Å². The van der Waals surface area contributed by atoms with Crippen LogP contribution in [0.15, 0.2) is 67.1 Å². The Bertz CT molecular complexity index is 1560. The maximum atomic E-state index is 15.6. The fourth-order valence-corrected chi connectivity index (χ4v) is 4.99. The first-order valence-electron chi connectivity index (χ1n) is 13.5. The molecule has 0 radical (unpaired) electrons. The summed E-state index contributed by atoms with van der Waals surface area (Å²) in [4.78, 5) is 30.8. The van der Waals surface area contributed by atoms with Crippen molar-refractivity contribution in [3.05, 3.63) is 84.1 Å². The normalized spacial score (nSPS) is 15.5. The number of anilines is 1. The lowest BCUT2D eigenvalue weighted by atomic mass is 9.88. The number of pyridine rings is 1. The van der Waals surface area contributed by atoms with Crippen LogP contribution in [-0.2, 0) is 23.2 Å². The second kappa shape index (κ2) is 11.1. The Hall–Kier alpha value is -4.13. The predicted octanol–water partition coefficient (Wildman–Crippen LogP) is 6.49. The Morgan fingerprint density at radius 3 is 2.61 bits per heavy atom. The smallest absolute Gasteiger partial charge is 0.230 e. The third kappa shape index (κ3) is 5.57. The highest BCUT2D eigenvalue weighted by Gasteiger charge is 2.28. The molecular formula is C31H31FN4O2. The summed E-state index contributed by atoms with van der Waals surface area (Å²) in [5, 5.41) is 5.22. The Morgan fingerprint density at radius 2 is 1.84 bits per heavy atom. The van der Waals surface area contributed by atoms with E-state index in [0.717, 1.165) is 48.6 Å². The molecule has 2 aromatic carbocycles. The number of fused-ring (bicyclic) bond motifs is 1. The van der Waals surface area contributed by atoms with Crippen molar-refractivity contribution in [2.45, 2.75) is 45.5 Å². The summed E-state index contributed by atoms with van der Waals surface area (Å²) < 4.78 is 26.5. The fraction of sp³-hybridized carbons (Fsp3) is 0.290. The molecule has 2 heterocycles. The molecule has 6 nitrogen and oxygen atoms in total. The minimum atomic E-state index is -1.30. The van der Waals surface area contributed by atoms with E-state index >= 15 is 4.39 Å². The Kier molecular flexibility index (Phi) is 7.07. The number of aromatic nitrogens is 3. The average molecular weight is 512 g/mol. The summed E-state index contributed by atoms with van der Waals surface area (Å²) in [5.41, 5.74) is 3.63. The van der Waals surface area contributed by atoms with Gasteiger partial charge >= 0.3 is 0 Å². The van der Waals surface area contributed by atoms with Crippen molar-refractivity contribution in [3.8, 4) is 11.1 Å². The highest BCUT2D eigenvalue weighted by Crippen LogP contribution is 2.31. The van der Waals surface area contributed by atoms with Gasteiger partial charge in [-0.05, 0) is 72.9 Å². The molecule has 38 heavy (non-hydrogen) atoms. The minimum absolute atomic E-state index is 0.107. The quantitative estimate of drug-likeness (QED) is 0.266. The number of hydrogen-bond donors (Lipinski definition) is 0. The van der Waals surface area contributed by atoms with E-state index in [1.54, 1.807) is 41.4 Å². The molecule has 0 N–H and O–H groups in total. The maximum absolute atomic E-state index is 15.6. The van der Waals surface area contributed by atoms with Crippen LogP contribution in [0.25, 0.3) is 28.1 Å². The highest BCUT2D eigenvalue weighted by atomic mass is 19.1. The van der Waals surface area contributed by atoms with Crippen LogP contribution in [0.5, 0.6) is 0 Å². The number of carbonyl (C=O) groups is 2. The van der Waals surface area contributed by atoms with Crippen molar-refractivity contribution < 1.29 is 15.4 Å². The second-order valence-corrected chi connectivity index (χ2v) is 9.87. The number of amides is 1. The van der Waals surface area contributed by atoms with Crippen LogP contribution in [0, 0.1) is 11.7 Å². The van der Waals surface area contributed by atoms with Gasteiger partial charge in [0, 0.05) is 30.1 Å². The Morgan fingerprint density at radius 1 is 1.08 bits per heavy atom. The highest BCUT2D eigenvalue weighted by molar-refractivity contribution is 5.96. The van der Waals surface area contributed by atoms with E-state index in [-0.39, 0.29) is 23.2 Å². The molecule has 0 spiro atoms. The third-order valence-electron chi connectivity index (χ3n) is 7.07. The van der Waals surface area contributed by atoms with Gasteiger partial charge in [-0.3, -0.25) is 19.3 Å². The molecule has 1 saturated carbocycles. The molecule has 4 aromatic rings. The number of allylic oxidation sites excluding steroid dienone is 1. The van der Waals surface area contributed by atoms with Gasteiger partial charge in [0.2, 0.25) is 5.91 Å². The molecule has 5 rings (SSSR count). The SMILES string of the molecule is [2H]C(c1ccc(-c2ccc3c(cnn3C)c2)cc1F)N(C(=O)C1CCCCC1)c1cncc(/C=C/C(C)=O)c1. The number of nitrogens with zero attached hydrogens (tertiary/aromatic N) is 4. The van der Waals surface area contributed by atoms with Crippen molar-refractivity contribution in [2.24, 2.45) is 13.0 Å². The molecule has 1 unspecified atom stereocenters. The van der Waals surface area contributed by atoms with Crippen LogP contribution < -0.4 is 4.90 Å². The first kappa shape index (κ1) is 24.2. The molecule has 7 heteroatoms. The van der Waals surface area contributed by atoms with Crippen molar-refractivity contribution in [1.29, 1.82) is 0 Å². The van der Waals surface area contributed by atoms with Crippen LogP contribution in [0.3, 0.4) is 0 Å². The van der Waals surface area contributed by atoms with Gasteiger partial charge in [-0.2, -0.15) is 5.10 Å². The zero-order chi connectivity index (χ0) is 27.5. The van der Waals surface area contributed by atoms with Gasteiger partial charge in [0.15, 0.2) is 5.78 Å². The van der Waals surface area contributed by atoms with Gasteiger partial charge < -0.3 is 4.90 Å². The van der Waals surface area contributed by atoms with Gasteiger partial charge in [0.05, 0.1) is 31.5 Å². The summed E-state index contributed by atoms with van der Waals surface area (Å²) in [6.07, 6.45) is 12.4. The molecule has 1 fully saturated rings. The van der Waals surface area contributed by atoms with Crippen LogP contribution in [0.4, 0.5) is 10.1 Å². The van der Waals surface area contributed by atoms with Crippen LogP contribution in [0.2, 0.25) is 0 Å². The second-order valence-electron chi connectivity index (χ2n) is 9.87. The van der Waals surface area contributed by atoms with Crippen LogP contribution in [0.1, 0.15) is 51.5 Å². The van der Waals surface area contributed by atoms with Crippen molar-refractivity contribution >= 4 is 34.4 Å². The summed E-state index contributed by atoms with van der Waals surface area (Å²) >= 11 is 0. The molecule has 0 saturated heterocycles. The molecule has 1 aliphatic carbocycles. The number of rotatable bonds is 7. The van der Waals surface area contributed by atoms with Gasteiger partial charge in [-0.1, -0.05) is 37.5 Å². The lowest BCUT2D eigenvalue weighted by Crippen LogP contribution is -2.37. The van der Waals surface area contributed by atoms with Gasteiger partial charge in [0.1, 0.15) is 5.82 Å². The fourth-order valence-electron chi connectivity index (χ4n) is 4.99. The lowest BCUT2D eigenvalue weighted by Gasteiger charge is -2.29. The molecule has 1 aliphatic rings. The largest absolute Gasteiger partial charge is 0.306 e. The molecule has 1 atom stereocenters. The van der Waals surface area contributed by atoms with Gasteiger partial charge in [-0.25, -0.2) is 4.39 Å². The molecule has 2 aromatic heterocycles. The lowest BCUT2D eigenvalue weighted by molar-refractivity contribution is -0.123. The number of halogens is 1. The number of aryl methyl sites for hydroxylation is 1. The maximum Gasteiger partial charge on any atom is 0.230 e. The summed E-state index contributed by atoms with van der Waals surface area (Å²) in [5.74, 6) is -1.09. The standard InChI is InChI=1S/C31H31FN4O2/c1-21(37)8-9-22-14-28(19-33-17-22)36(31(38)23-6-4-3-5-7-23)20-26-11-10-25(16-29(26)32)24-12-13-30-27(15-24)18-34-35(30)2/h8-19,23H,3-7,20H2,1-2H3/b9-8+/i20D. The van der Waals surface area contributed by atoms with E-state index in [1.165, 1.54) is 30.2 Å². The Labute approximate surface area is 223 Å². The first-order valence-corrected chi connectivity index (χ1v) is 12.9. The van der Waals surface area contributed by atoms with E-state index in [4.69, 9.17) is 1.37 Å². The average Bonchev–Trinajstić information content (AvgIpc) is 3.32. The number of carbonyl (C=O) groups excluding carboxylic acids is 2. The van der Waals surface area contributed by atoms with Crippen LogP contribution in [-0.4, -0.2) is 26.5 Å².